The normalized spacial score (nSPS) is 28.8. The van der Waals surface area contributed by atoms with E-state index < -0.39 is 15.6 Å². The maximum absolute atomic E-state index is 12.2. The van der Waals surface area contributed by atoms with Crippen molar-refractivity contribution >= 4 is 21.6 Å². The number of rotatable bonds is 3. The van der Waals surface area contributed by atoms with Crippen LogP contribution in [0, 0.1) is 0 Å². The van der Waals surface area contributed by atoms with E-state index in [0.29, 0.717) is 13.0 Å². The van der Waals surface area contributed by atoms with Crippen LogP contribution in [0.5, 0.6) is 0 Å². The molecule has 0 aliphatic carbocycles. The predicted molar refractivity (Wildman–Crippen MR) is 67.0 cm³/mol. The topological polar surface area (TPSA) is 73.2 Å². The van der Waals surface area contributed by atoms with Crippen molar-refractivity contribution in [3.05, 3.63) is 11.5 Å². The minimum atomic E-state index is -3.74. The number of ether oxygens (including phenoxy) is 1. The molecule has 1 N–H and O–H groups in total. The number of aromatic nitrogens is 2. The van der Waals surface area contributed by atoms with Gasteiger partial charge < -0.3 is 9.30 Å². The van der Waals surface area contributed by atoms with Crippen LogP contribution in [0.25, 0.3) is 0 Å². The summed E-state index contributed by atoms with van der Waals surface area (Å²) in [5, 5.41) is -0.0512. The number of halogens is 1. The molecule has 1 aliphatic heterocycles. The van der Waals surface area contributed by atoms with Crippen molar-refractivity contribution in [2.75, 3.05) is 6.61 Å². The van der Waals surface area contributed by atoms with Crippen LogP contribution in [0.2, 0.25) is 5.15 Å². The zero-order valence-electron chi connectivity index (χ0n) is 10.5. The molecule has 8 heteroatoms. The third kappa shape index (κ3) is 2.27. The second-order valence-electron chi connectivity index (χ2n) is 4.74. The van der Waals surface area contributed by atoms with Gasteiger partial charge in [-0.1, -0.05) is 11.6 Å². The molecule has 0 bridgehead atoms. The van der Waals surface area contributed by atoms with Gasteiger partial charge in [0, 0.05) is 13.7 Å². The Hall–Kier alpha value is -0.630. The van der Waals surface area contributed by atoms with E-state index in [2.05, 4.69) is 9.71 Å². The van der Waals surface area contributed by atoms with Crippen molar-refractivity contribution in [1.82, 2.24) is 14.3 Å². The molecule has 0 aromatic carbocycles. The molecule has 0 radical (unpaired) electrons. The molecule has 2 heterocycles. The Morgan fingerprint density at radius 1 is 1.67 bits per heavy atom. The van der Waals surface area contributed by atoms with Gasteiger partial charge in [0.25, 0.3) is 10.0 Å². The SMILES string of the molecule is CC1OCCC1(C)NS(=O)(=O)c1ncn(C)c1Cl. The van der Waals surface area contributed by atoms with Crippen LogP contribution >= 0.6 is 11.6 Å². The Morgan fingerprint density at radius 3 is 2.78 bits per heavy atom. The van der Waals surface area contributed by atoms with Gasteiger partial charge in [0.2, 0.25) is 5.03 Å². The fraction of sp³-hybridized carbons (Fsp3) is 0.700. The highest BCUT2D eigenvalue weighted by atomic mass is 35.5. The first-order valence-corrected chi connectivity index (χ1v) is 7.45. The van der Waals surface area contributed by atoms with Crippen LogP contribution in [-0.4, -0.2) is 36.2 Å². The maximum Gasteiger partial charge on any atom is 0.261 e. The third-order valence-corrected chi connectivity index (χ3v) is 5.44. The van der Waals surface area contributed by atoms with Gasteiger partial charge in [0.05, 0.1) is 18.0 Å². The minimum absolute atomic E-state index is 0.0951. The van der Waals surface area contributed by atoms with Crippen molar-refractivity contribution < 1.29 is 13.2 Å². The van der Waals surface area contributed by atoms with Crippen LogP contribution in [0.3, 0.4) is 0 Å². The van der Waals surface area contributed by atoms with Crippen molar-refractivity contribution in [1.29, 1.82) is 0 Å². The second-order valence-corrected chi connectivity index (χ2v) is 6.69. The Kier molecular flexibility index (Phi) is 3.44. The lowest BCUT2D eigenvalue weighted by molar-refractivity contribution is 0.0957. The number of nitrogens with zero attached hydrogens (tertiary/aromatic N) is 2. The molecule has 0 spiro atoms. The summed E-state index contributed by atoms with van der Waals surface area (Å²) in [4.78, 5) is 3.82. The molecule has 18 heavy (non-hydrogen) atoms. The van der Waals surface area contributed by atoms with E-state index in [1.165, 1.54) is 10.9 Å². The Bertz CT molecular complexity index is 557. The van der Waals surface area contributed by atoms with E-state index in [9.17, 15) is 8.42 Å². The molecule has 6 nitrogen and oxygen atoms in total. The molecule has 102 valence electrons. The summed E-state index contributed by atoms with van der Waals surface area (Å²) in [5.41, 5.74) is -0.625. The summed E-state index contributed by atoms with van der Waals surface area (Å²) in [6, 6.07) is 0. The quantitative estimate of drug-likeness (QED) is 0.899. The average molecular weight is 294 g/mol. The van der Waals surface area contributed by atoms with E-state index in [1.54, 1.807) is 7.05 Å². The van der Waals surface area contributed by atoms with Gasteiger partial charge in [-0.15, -0.1) is 0 Å². The molecule has 2 unspecified atom stereocenters. The van der Waals surface area contributed by atoms with Crippen LogP contribution in [0.15, 0.2) is 11.4 Å². The number of hydrogen-bond donors (Lipinski definition) is 1. The highest BCUT2D eigenvalue weighted by Crippen LogP contribution is 2.28. The zero-order chi connectivity index (χ0) is 13.6. The fourth-order valence-corrected chi connectivity index (χ4v) is 3.83. The first-order chi connectivity index (χ1) is 8.26. The lowest BCUT2D eigenvalue weighted by Gasteiger charge is -2.27. The Morgan fingerprint density at radius 2 is 2.33 bits per heavy atom. The van der Waals surface area contributed by atoms with E-state index >= 15 is 0 Å². The van der Waals surface area contributed by atoms with E-state index in [0.717, 1.165) is 0 Å². The Labute approximate surface area is 111 Å². The molecule has 1 aromatic heterocycles. The molecule has 2 atom stereocenters. The van der Waals surface area contributed by atoms with E-state index in [1.807, 2.05) is 13.8 Å². The highest BCUT2D eigenvalue weighted by Gasteiger charge is 2.41. The van der Waals surface area contributed by atoms with Crippen LogP contribution in [0.4, 0.5) is 0 Å². The van der Waals surface area contributed by atoms with Crippen molar-refractivity contribution in [3.63, 3.8) is 0 Å². The molecule has 1 aromatic rings. The van der Waals surface area contributed by atoms with Crippen molar-refractivity contribution in [2.45, 2.75) is 36.9 Å². The fourth-order valence-electron chi connectivity index (χ4n) is 1.90. The van der Waals surface area contributed by atoms with Gasteiger partial charge in [-0.25, -0.2) is 18.1 Å². The van der Waals surface area contributed by atoms with Gasteiger partial charge in [0.15, 0.2) is 0 Å². The number of hydrogen-bond acceptors (Lipinski definition) is 4. The second kappa shape index (κ2) is 4.48. The summed E-state index contributed by atoms with van der Waals surface area (Å²) in [6.45, 7) is 4.20. The van der Waals surface area contributed by atoms with Crippen LogP contribution in [0.1, 0.15) is 20.3 Å². The minimum Gasteiger partial charge on any atom is -0.376 e. The monoisotopic (exact) mass is 293 g/mol. The van der Waals surface area contributed by atoms with Gasteiger partial charge in [-0.05, 0) is 20.3 Å². The van der Waals surface area contributed by atoms with E-state index in [-0.39, 0.29) is 16.3 Å². The lowest BCUT2D eigenvalue weighted by atomic mass is 9.97. The standard InChI is InChI=1S/C10H16ClN3O3S/c1-7-10(2,4-5-17-7)13-18(15,16)9-8(11)14(3)6-12-9/h6-7,13H,4-5H2,1-3H3. The molecular formula is C10H16ClN3O3S. The third-order valence-electron chi connectivity index (χ3n) is 3.34. The maximum atomic E-state index is 12.2. The van der Waals surface area contributed by atoms with E-state index in [4.69, 9.17) is 16.3 Å². The van der Waals surface area contributed by atoms with Gasteiger partial charge >= 0.3 is 0 Å². The lowest BCUT2D eigenvalue weighted by Crippen LogP contribution is -2.50. The number of nitrogens with one attached hydrogen (secondary N) is 1. The summed E-state index contributed by atoms with van der Waals surface area (Å²) in [5.74, 6) is 0. The number of sulfonamides is 1. The molecule has 0 amide bonds. The van der Waals surface area contributed by atoms with Gasteiger partial charge in [-0.2, -0.15) is 0 Å². The summed E-state index contributed by atoms with van der Waals surface area (Å²) < 4.78 is 34.0. The first kappa shape index (κ1) is 13.8. The summed E-state index contributed by atoms with van der Waals surface area (Å²) >= 11 is 5.91. The molecule has 0 saturated carbocycles. The molecule has 1 fully saturated rings. The Balaban J connectivity index is 2.31. The number of aryl methyl sites for hydroxylation is 1. The molecule has 1 aliphatic rings. The largest absolute Gasteiger partial charge is 0.376 e. The van der Waals surface area contributed by atoms with Crippen LogP contribution in [-0.2, 0) is 21.8 Å². The molecule has 2 rings (SSSR count). The smallest absolute Gasteiger partial charge is 0.261 e. The zero-order valence-corrected chi connectivity index (χ0v) is 12.0. The summed E-state index contributed by atoms with van der Waals surface area (Å²) in [7, 11) is -2.10. The van der Waals surface area contributed by atoms with Crippen molar-refractivity contribution in [2.24, 2.45) is 7.05 Å². The van der Waals surface area contributed by atoms with Gasteiger partial charge in [0.1, 0.15) is 5.15 Å². The highest BCUT2D eigenvalue weighted by molar-refractivity contribution is 7.89. The molecular weight excluding hydrogens is 278 g/mol. The molecule has 1 saturated heterocycles. The average Bonchev–Trinajstić information content (AvgIpc) is 2.73. The predicted octanol–water partition coefficient (Wildman–Crippen LogP) is 0.919. The van der Waals surface area contributed by atoms with Gasteiger partial charge in [-0.3, -0.25) is 0 Å². The number of imidazole rings is 1. The van der Waals surface area contributed by atoms with Crippen LogP contribution < -0.4 is 4.72 Å². The first-order valence-electron chi connectivity index (χ1n) is 5.59. The summed E-state index contributed by atoms with van der Waals surface area (Å²) in [6.07, 6.45) is 1.81. The van der Waals surface area contributed by atoms with Crippen molar-refractivity contribution in [3.8, 4) is 0 Å².